The number of benzene rings is 1. The third-order valence-electron chi connectivity index (χ3n) is 3.65. The van der Waals surface area contributed by atoms with E-state index >= 15 is 0 Å². The smallest absolute Gasteiger partial charge is 0.131 e. The van der Waals surface area contributed by atoms with E-state index in [4.69, 9.17) is 4.74 Å². The van der Waals surface area contributed by atoms with E-state index in [1.54, 1.807) is 19.2 Å². The average Bonchev–Trinajstić information content (AvgIpc) is 2.46. The van der Waals surface area contributed by atoms with Crippen molar-refractivity contribution in [1.82, 2.24) is 10.2 Å². The van der Waals surface area contributed by atoms with Crippen LogP contribution >= 0.6 is 0 Å². The second-order valence-corrected chi connectivity index (χ2v) is 5.00. The maximum Gasteiger partial charge on any atom is 0.131 e. The molecule has 0 radical (unpaired) electrons. The molecule has 1 aromatic carbocycles. The molecule has 2 rings (SSSR count). The van der Waals surface area contributed by atoms with E-state index < -0.39 is 0 Å². The Hall–Kier alpha value is -1.13. The largest absolute Gasteiger partial charge is 0.496 e. The minimum atomic E-state index is -0.204. The van der Waals surface area contributed by atoms with E-state index in [0.717, 1.165) is 13.1 Å². The molecule has 0 bridgehead atoms. The first-order valence-corrected chi connectivity index (χ1v) is 7.05. The fraction of sp³-hybridized carbons (Fsp3) is 0.600. The van der Waals surface area contributed by atoms with Crippen LogP contribution in [-0.4, -0.2) is 38.2 Å². The van der Waals surface area contributed by atoms with Gasteiger partial charge in [-0.2, -0.15) is 0 Å². The van der Waals surface area contributed by atoms with Gasteiger partial charge in [-0.15, -0.1) is 0 Å². The van der Waals surface area contributed by atoms with Gasteiger partial charge >= 0.3 is 0 Å². The summed E-state index contributed by atoms with van der Waals surface area (Å²) in [6.07, 6.45) is 3.97. The lowest BCUT2D eigenvalue weighted by atomic mass is 10.1. The van der Waals surface area contributed by atoms with Gasteiger partial charge in [-0.3, -0.25) is 0 Å². The molecule has 1 fully saturated rings. The zero-order chi connectivity index (χ0) is 13.5. The van der Waals surface area contributed by atoms with Crippen LogP contribution < -0.4 is 10.1 Å². The Bertz CT molecular complexity index is 392. The van der Waals surface area contributed by atoms with E-state index in [2.05, 4.69) is 10.2 Å². The number of likely N-dealkylation sites (tertiary alicyclic amines) is 1. The van der Waals surface area contributed by atoms with Crippen LogP contribution in [-0.2, 0) is 6.54 Å². The summed E-state index contributed by atoms with van der Waals surface area (Å²) in [5.74, 6) is 0.412. The lowest BCUT2D eigenvalue weighted by Crippen LogP contribution is -2.35. The molecule has 0 aromatic heterocycles. The molecule has 0 spiro atoms. The summed E-state index contributed by atoms with van der Waals surface area (Å²) < 4.78 is 18.9. The lowest BCUT2D eigenvalue weighted by Gasteiger charge is -2.26. The summed E-state index contributed by atoms with van der Waals surface area (Å²) in [6, 6.07) is 4.94. The van der Waals surface area contributed by atoms with Crippen LogP contribution in [0.25, 0.3) is 0 Å². The number of nitrogens with zero attached hydrogens (tertiary/aromatic N) is 1. The summed E-state index contributed by atoms with van der Waals surface area (Å²) >= 11 is 0. The predicted octanol–water partition coefficient (Wildman–Crippen LogP) is 2.41. The van der Waals surface area contributed by atoms with Gasteiger partial charge in [-0.05, 0) is 38.1 Å². The zero-order valence-corrected chi connectivity index (χ0v) is 11.6. The summed E-state index contributed by atoms with van der Waals surface area (Å²) in [6.45, 7) is 4.84. The van der Waals surface area contributed by atoms with Crippen LogP contribution in [0, 0.1) is 5.82 Å². The molecule has 1 heterocycles. The maximum atomic E-state index is 13.7. The molecule has 0 aliphatic carbocycles. The lowest BCUT2D eigenvalue weighted by molar-refractivity contribution is 0.228. The van der Waals surface area contributed by atoms with E-state index in [0.29, 0.717) is 17.9 Å². The molecule has 19 heavy (non-hydrogen) atoms. The average molecular weight is 266 g/mol. The topological polar surface area (TPSA) is 24.5 Å². The fourth-order valence-corrected chi connectivity index (χ4v) is 2.54. The molecule has 1 aromatic rings. The van der Waals surface area contributed by atoms with Crippen LogP contribution in [0.3, 0.4) is 0 Å². The van der Waals surface area contributed by atoms with Gasteiger partial charge in [0.25, 0.3) is 0 Å². The van der Waals surface area contributed by atoms with Gasteiger partial charge in [0, 0.05) is 25.2 Å². The monoisotopic (exact) mass is 266 g/mol. The molecule has 3 nitrogen and oxygen atoms in total. The quantitative estimate of drug-likeness (QED) is 0.800. The molecule has 0 atom stereocenters. The van der Waals surface area contributed by atoms with E-state index in [1.165, 1.54) is 38.4 Å². The Balaban J connectivity index is 1.76. The SMILES string of the molecule is COc1cccc(F)c1CNCCN1CCCCC1. The standard InChI is InChI=1S/C15H23FN2O/c1-19-15-7-5-6-14(16)13(15)12-17-8-11-18-9-3-2-4-10-18/h5-7,17H,2-4,8-12H2,1H3. The van der Waals surface area contributed by atoms with Gasteiger partial charge in [0.2, 0.25) is 0 Å². The van der Waals surface area contributed by atoms with Crippen molar-refractivity contribution in [3.8, 4) is 5.75 Å². The molecule has 1 saturated heterocycles. The number of rotatable bonds is 6. The summed E-state index contributed by atoms with van der Waals surface area (Å²) in [5.41, 5.74) is 0.614. The number of methoxy groups -OCH3 is 1. The third-order valence-corrected chi connectivity index (χ3v) is 3.65. The number of hydrogen-bond donors (Lipinski definition) is 1. The van der Waals surface area contributed by atoms with Crippen molar-refractivity contribution in [2.75, 3.05) is 33.3 Å². The second kappa shape index (κ2) is 7.46. The van der Waals surface area contributed by atoms with Gasteiger partial charge in [0.05, 0.1) is 7.11 Å². The molecule has 106 valence electrons. The van der Waals surface area contributed by atoms with Crippen molar-refractivity contribution < 1.29 is 9.13 Å². The Morgan fingerprint density at radius 2 is 2.05 bits per heavy atom. The molecular formula is C15H23FN2O. The van der Waals surface area contributed by atoms with Crippen molar-refractivity contribution in [2.45, 2.75) is 25.8 Å². The normalized spacial score (nSPS) is 16.5. The number of ether oxygens (including phenoxy) is 1. The minimum absolute atomic E-state index is 0.204. The highest BCUT2D eigenvalue weighted by Gasteiger charge is 2.10. The van der Waals surface area contributed by atoms with Gasteiger partial charge in [0.15, 0.2) is 0 Å². The van der Waals surface area contributed by atoms with Crippen LogP contribution in [0.4, 0.5) is 4.39 Å². The summed E-state index contributed by atoms with van der Waals surface area (Å²) in [4.78, 5) is 2.47. The molecule has 1 aliphatic heterocycles. The maximum absolute atomic E-state index is 13.7. The number of nitrogens with one attached hydrogen (secondary N) is 1. The highest BCUT2D eigenvalue weighted by molar-refractivity contribution is 5.34. The number of hydrogen-bond acceptors (Lipinski definition) is 3. The van der Waals surface area contributed by atoms with Crippen molar-refractivity contribution in [2.24, 2.45) is 0 Å². The third kappa shape index (κ3) is 4.18. The van der Waals surface area contributed by atoms with Gasteiger partial charge in [-0.1, -0.05) is 12.5 Å². The fourth-order valence-electron chi connectivity index (χ4n) is 2.54. The van der Waals surface area contributed by atoms with Gasteiger partial charge in [-0.25, -0.2) is 4.39 Å². The van der Waals surface area contributed by atoms with Gasteiger partial charge in [0.1, 0.15) is 11.6 Å². The highest BCUT2D eigenvalue weighted by Crippen LogP contribution is 2.20. The molecule has 0 saturated carbocycles. The van der Waals surface area contributed by atoms with E-state index in [9.17, 15) is 4.39 Å². The molecule has 1 aliphatic rings. The summed E-state index contributed by atoms with van der Waals surface area (Å²) in [5, 5.41) is 3.30. The van der Waals surface area contributed by atoms with Crippen molar-refractivity contribution in [3.63, 3.8) is 0 Å². The Morgan fingerprint density at radius 3 is 2.79 bits per heavy atom. The zero-order valence-electron chi connectivity index (χ0n) is 11.6. The Labute approximate surface area is 114 Å². The molecule has 1 N–H and O–H groups in total. The Morgan fingerprint density at radius 1 is 1.26 bits per heavy atom. The van der Waals surface area contributed by atoms with Crippen molar-refractivity contribution in [1.29, 1.82) is 0 Å². The van der Waals surface area contributed by atoms with Crippen LogP contribution in [0.2, 0.25) is 0 Å². The molecule has 4 heteroatoms. The Kier molecular flexibility index (Phi) is 5.61. The van der Waals surface area contributed by atoms with Crippen molar-refractivity contribution in [3.05, 3.63) is 29.6 Å². The first-order chi connectivity index (χ1) is 9.31. The van der Waals surface area contributed by atoms with Crippen LogP contribution in [0.1, 0.15) is 24.8 Å². The van der Waals surface area contributed by atoms with Gasteiger partial charge < -0.3 is 15.0 Å². The first kappa shape index (κ1) is 14.3. The predicted molar refractivity (Wildman–Crippen MR) is 74.9 cm³/mol. The number of halogens is 1. The van der Waals surface area contributed by atoms with E-state index in [1.807, 2.05) is 0 Å². The number of piperidine rings is 1. The molecule has 0 unspecified atom stereocenters. The second-order valence-electron chi connectivity index (χ2n) is 5.00. The first-order valence-electron chi connectivity index (χ1n) is 7.05. The van der Waals surface area contributed by atoms with Crippen LogP contribution in [0.5, 0.6) is 5.75 Å². The van der Waals surface area contributed by atoms with E-state index in [-0.39, 0.29) is 5.82 Å². The minimum Gasteiger partial charge on any atom is -0.496 e. The highest BCUT2D eigenvalue weighted by atomic mass is 19.1. The van der Waals surface area contributed by atoms with Crippen molar-refractivity contribution >= 4 is 0 Å². The van der Waals surface area contributed by atoms with Crippen LogP contribution in [0.15, 0.2) is 18.2 Å². The summed E-state index contributed by atoms with van der Waals surface area (Å²) in [7, 11) is 1.58. The molecular weight excluding hydrogens is 243 g/mol. The molecule has 0 amide bonds.